The van der Waals surface area contributed by atoms with Gasteiger partial charge in [0.05, 0.1) is 6.54 Å². The minimum absolute atomic E-state index is 0.0584. The lowest BCUT2D eigenvalue weighted by molar-refractivity contribution is -0.0372. The first-order valence-corrected chi connectivity index (χ1v) is 6.26. The van der Waals surface area contributed by atoms with Crippen LogP contribution in [0.3, 0.4) is 0 Å². The Morgan fingerprint density at radius 3 is 2.68 bits per heavy atom. The number of methoxy groups -OCH3 is 1. The van der Waals surface area contributed by atoms with Gasteiger partial charge in [-0.2, -0.15) is 0 Å². The molecule has 1 fully saturated rings. The van der Waals surface area contributed by atoms with E-state index in [1.807, 2.05) is 0 Å². The summed E-state index contributed by atoms with van der Waals surface area (Å²) in [4.78, 5) is 13.1. The van der Waals surface area contributed by atoms with Crippen molar-refractivity contribution in [1.82, 2.24) is 4.90 Å². The molecule has 1 saturated heterocycles. The zero-order valence-electron chi connectivity index (χ0n) is 11.9. The second-order valence-electron chi connectivity index (χ2n) is 5.51. The highest BCUT2D eigenvalue weighted by atomic mass is 19.1. The van der Waals surface area contributed by atoms with E-state index in [2.05, 4.69) is 4.74 Å². The molecule has 2 unspecified atom stereocenters. The van der Waals surface area contributed by atoms with Crippen LogP contribution in [0.5, 0.6) is 0 Å². The molecule has 1 amide bonds. The van der Waals surface area contributed by atoms with Crippen LogP contribution in [-0.2, 0) is 9.47 Å². The van der Waals surface area contributed by atoms with Crippen LogP contribution in [0.25, 0.3) is 0 Å². The van der Waals surface area contributed by atoms with Gasteiger partial charge in [-0.1, -0.05) is 0 Å². The number of ether oxygens (including phenoxy) is 2. The largest absolute Gasteiger partial charge is 0.444 e. The van der Waals surface area contributed by atoms with Gasteiger partial charge in [-0.25, -0.2) is 9.18 Å². The van der Waals surface area contributed by atoms with Crippen molar-refractivity contribution < 1.29 is 23.8 Å². The van der Waals surface area contributed by atoms with Crippen LogP contribution in [0.1, 0.15) is 27.2 Å². The molecule has 19 heavy (non-hydrogen) atoms. The molecule has 110 valence electrons. The molecule has 1 rings (SSSR count). The standard InChI is InChI=1S/C13H22FNO4/c1-13(2,3)19-12(17)15-6-5-9(10(14)8-15)7-11(16)18-4/h7,10-11,16H,5-6,8H2,1-4H3/b9-7-. The molecular formula is C13H22FNO4. The van der Waals surface area contributed by atoms with Crippen molar-refractivity contribution in [3.05, 3.63) is 11.6 Å². The lowest BCUT2D eigenvalue weighted by atomic mass is 10.0. The average molecular weight is 275 g/mol. The molecule has 0 bridgehead atoms. The summed E-state index contributed by atoms with van der Waals surface area (Å²) in [7, 11) is 1.34. The van der Waals surface area contributed by atoms with Crippen molar-refractivity contribution in [3.63, 3.8) is 0 Å². The smallest absolute Gasteiger partial charge is 0.410 e. The number of likely N-dealkylation sites (tertiary alicyclic amines) is 1. The Bertz CT molecular complexity index is 351. The molecule has 2 atom stereocenters. The summed E-state index contributed by atoms with van der Waals surface area (Å²) < 4.78 is 23.7. The van der Waals surface area contributed by atoms with Gasteiger partial charge < -0.3 is 19.5 Å². The molecule has 0 aromatic carbocycles. The summed E-state index contributed by atoms with van der Waals surface area (Å²) >= 11 is 0. The van der Waals surface area contributed by atoms with Crippen LogP contribution < -0.4 is 0 Å². The Kier molecular flexibility index (Phi) is 5.31. The van der Waals surface area contributed by atoms with Crippen LogP contribution in [0, 0.1) is 0 Å². The van der Waals surface area contributed by atoms with E-state index in [1.165, 1.54) is 18.1 Å². The number of hydrogen-bond donors (Lipinski definition) is 1. The number of piperidine rings is 1. The molecule has 5 nitrogen and oxygen atoms in total. The molecule has 0 aromatic heterocycles. The van der Waals surface area contributed by atoms with Gasteiger partial charge in [0.2, 0.25) is 0 Å². The Hall–Kier alpha value is -1.14. The Morgan fingerprint density at radius 1 is 1.58 bits per heavy atom. The van der Waals surface area contributed by atoms with Gasteiger partial charge in [0.1, 0.15) is 11.8 Å². The van der Waals surface area contributed by atoms with Crippen molar-refractivity contribution in [2.24, 2.45) is 0 Å². The number of carbonyl (C=O) groups is 1. The third kappa shape index (κ3) is 5.16. The molecule has 1 aliphatic rings. The molecular weight excluding hydrogens is 253 g/mol. The first-order valence-electron chi connectivity index (χ1n) is 6.26. The molecule has 0 radical (unpaired) electrons. The third-order valence-electron chi connectivity index (χ3n) is 2.70. The lowest BCUT2D eigenvalue weighted by Gasteiger charge is -2.32. The van der Waals surface area contributed by atoms with E-state index in [-0.39, 0.29) is 6.54 Å². The first kappa shape index (κ1) is 15.9. The van der Waals surface area contributed by atoms with Crippen LogP contribution in [0.15, 0.2) is 11.6 Å². The summed E-state index contributed by atoms with van der Waals surface area (Å²) in [6.45, 7) is 5.61. The van der Waals surface area contributed by atoms with Gasteiger partial charge in [0, 0.05) is 13.7 Å². The number of nitrogens with zero attached hydrogens (tertiary/aromatic N) is 1. The molecule has 0 spiro atoms. The van der Waals surface area contributed by atoms with Gasteiger partial charge >= 0.3 is 6.09 Å². The number of amides is 1. The third-order valence-corrected chi connectivity index (χ3v) is 2.70. The second-order valence-corrected chi connectivity index (χ2v) is 5.51. The highest BCUT2D eigenvalue weighted by molar-refractivity contribution is 5.68. The fourth-order valence-electron chi connectivity index (χ4n) is 1.75. The second kappa shape index (κ2) is 6.34. The molecule has 1 N–H and O–H groups in total. The van der Waals surface area contributed by atoms with Gasteiger partial charge in [0.25, 0.3) is 0 Å². The average Bonchev–Trinajstić information content (AvgIpc) is 2.29. The van der Waals surface area contributed by atoms with Gasteiger partial charge in [-0.3, -0.25) is 0 Å². The summed E-state index contributed by atoms with van der Waals surface area (Å²) in [5.74, 6) is 0. The van der Waals surface area contributed by atoms with E-state index >= 15 is 0 Å². The number of alkyl halides is 1. The number of aliphatic hydroxyl groups is 1. The van der Waals surface area contributed by atoms with E-state index < -0.39 is 24.2 Å². The molecule has 1 aliphatic heterocycles. The maximum atomic E-state index is 13.9. The highest BCUT2D eigenvalue weighted by Gasteiger charge is 2.30. The quantitative estimate of drug-likeness (QED) is 0.617. The van der Waals surface area contributed by atoms with E-state index in [0.29, 0.717) is 18.5 Å². The van der Waals surface area contributed by atoms with Crippen molar-refractivity contribution >= 4 is 6.09 Å². The number of rotatable bonds is 2. The fraction of sp³-hybridized carbons (Fsp3) is 0.769. The van der Waals surface area contributed by atoms with E-state index in [9.17, 15) is 14.3 Å². The number of hydrogen-bond acceptors (Lipinski definition) is 4. The topological polar surface area (TPSA) is 59.0 Å². The molecule has 0 aromatic rings. The predicted molar refractivity (Wildman–Crippen MR) is 68.4 cm³/mol. The molecule has 0 saturated carbocycles. The predicted octanol–water partition coefficient (Wildman–Crippen LogP) is 1.86. The van der Waals surface area contributed by atoms with Gasteiger partial charge in [-0.05, 0) is 38.8 Å². The lowest BCUT2D eigenvalue weighted by Crippen LogP contribution is -2.44. The molecule has 0 aliphatic carbocycles. The monoisotopic (exact) mass is 275 g/mol. The van der Waals surface area contributed by atoms with E-state index in [1.54, 1.807) is 20.8 Å². The van der Waals surface area contributed by atoms with Crippen molar-refractivity contribution in [2.75, 3.05) is 20.2 Å². The summed E-state index contributed by atoms with van der Waals surface area (Å²) in [5, 5.41) is 9.29. The minimum Gasteiger partial charge on any atom is -0.444 e. The Balaban J connectivity index is 2.59. The number of carbonyl (C=O) groups excluding carboxylic acids is 1. The van der Waals surface area contributed by atoms with Crippen LogP contribution in [0.2, 0.25) is 0 Å². The van der Waals surface area contributed by atoms with Crippen LogP contribution in [0.4, 0.5) is 9.18 Å². The normalized spacial score (nSPS) is 24.4. The highest BCUT2D eigenvalue weighted by Crippen LogP contribution is 2.22. The first-order chi connectivity index (χ1) is 8.73. The van der Waals surface area contributed by atoms with Crippen molar-refractivity contribution in [3.8, 4) is 0 Å². The summed E-state index contributed by atoms with van der Waals surface area (Å²) in [6, 6.07) is 0. The van der Waals surface area contributed by atoms with Crippen LogP contribution >= 0.6 is 0 Å². The Labute approximate surface area is 113 Å². The van der Waals surface area contributed by atoms with Gasteiger partial charge in [0.15, 0.2) is 6.29 Å². The number of aliphatic hydroxyl groups excluding tert-OH is 1. The number of halogens is 1. The Morgan fingerprint density at radius 2 is 2.21 bits per heavy atom. The van der Waals surface area contributed by atoms with Crippen molar-refractivity contribution in [2.45, 2.75) is 45.3 Å². The summed E-state index contributed by atoms with van der Waals surface area (Å²) in [6.07, 6.45) is -1.22. The summed E-state index contributed by atoms with van der Waals surface area (Å²) in [5.41, 5.74) is -0.139. The molecule has 1 heterocycles. The maximum Gasteiger partial charge on any atom is 0.410 e. The minimum atomic E-state index is -1.30. The van der Waals surface area contributed by atoms with Gasteiger partial charge in [-0.15, -0.1) is 0 Å². The van der Waals surface area contributed by atoms with Crippen molar-refractivity contribution in [1.29, 1.82) is 0 Å². The zero-order chi connectivity index (χ0) is 14.6. The van der Waals surface area contributed by atoms with E-state index in [0.717, 1.165) is 0 Å². The zero-order valence-corrected chi connectivity index (χ0v) is 11.9. The molecule has 6 heteroatoms. The SMILES string of the molecule is COC(O)/C=C1/CCN(C(=O)OC(C)(C)C)CC1F. The van der Waals surface area contributed by atoms with E-state index in [4.69, 9.17) is 4.74 Å². The fourth-order valence-corrected chi connectivity index (χ4v) is 1.75. The maximum absolute atomic E-state index is 13.9. The van der Waals surface area contributed by atoms with Crippen LogP contribution in [-0.4, -0.2) is 54.4 Å².